The molecule has 0 saturated carbocycles. The van der Waals surface area contributed by atoms with Gasteiger partial charge in [-0.2, -0.15) is 0 Å². The van der Waals surface area contributed by atoms with Crippen LogP contribution < -0.4 is 4.89 Å². The minimum atomic E-state index is -4.81. The van der Waals surface area contributed by atoms with Gasteiger partial charge in [0.2, 0.25) is 0 Å². The molecule has 2 atom stereocenters. The molecule has 1 rings (SSSR count). The molecule has 0 radical (unpaired) electrons. The third-order valence-corrected chi connectivity index (χ3v) is 19.3. The number of phosphoric ester groups is 1. The van der Waals surface area contributed by atoms with Gasteiger partial charge in [0.1, 0.15) is 29.7 Å². The summed E-state index contributed by atoms with van der Waals surface area (Å²) in [5, 5.41) is 0.490. The van der Waals surface area contributed by atoms with Gasteiger partial charge in [-0.3, -0.25) is 42.9 Å². The minimum Gasteiger partial charge on any atom is -0.756 e. The predicted octanol–water partition coefficient (Wildman–Crippen LogP) is 22.6. The number of hydrogen-bond donors (Lipinski definition) is 0. The number of phosphoric acid groups is 1. The average Bonchev–Trinajstić information content (AvgIpc) is 1.72. The number of unbranched alkanes of at least 4 members (excludes halogenated alkanes) is 37. The standard InChI is InChI=1S/C51H93O10P.C21H42O.C12H17NO5/c1-6-8-10-12-14-16-18-20-22-24-26-28-30-32-34-36-40-50(55)61-47(45-60-62(56,57)59-43-37-38-46(52)41-42-48(53)51(3,4)5)44-58-49(54)39-35-33-31-29-27-25-23-21-19-17-15-13-11-9-7-2;1-4-5-6-7-8-9-10-11-12-13-14-15-16-17-18-19-21(22)20(2)3;1-12(2,3)8(14)4-7-11(17)18-13-9(15)5-6-10(13)16/h16,18,22,24,47H,6-15,17,19-21,23,25-45H2,1-5H3,(H,56,57);20H,4-19H2,1-3H3;4-7H2,1-3H3/p-1/b18-16-,24-22-;;/t47-;;/m1../s1. The maximum atomic E-state index is 12.8. The number of carbonyl (C=O) groups is 9. The van der Waals surface area contributed by atoms with E-state index >= 15 is 0 Å². The Morgan fingerprint density at radius 3 is 1.19 bits per heavy atom. The van der Waals surface area contributed by atoms with Crippen LogP contribution in [-0.2, 0) is 71.1 Å². The largest absolute Gasteiger partial charge is 0.756 e. The summed E-state index contributed by atoms with van der Waals surface area (Å²) < 4.78 is 33.5. The number of esters is 2. The monoisotopic (exact) mass is 1460 g/mol. The molecule has 0 spiro atoms. The lowest BCUT2D eigenvalue weighted by Crippen LogP contribution is -2.32. The number of ether oxygens (including phenoxy) is 2. The molecule has 0 N–H and O–H groups in total. The van der Waals surface area contributed by atoms with Gasteiger partial charge in [-0.25, -0.2) is 4.79 Å². The summed E-state index contributed by atoms with van der Waals surface area (Å²) in [5.41, 5.74) is -1.03. The third kappa shape index (κ3) is 66.5. The fourth-order valence-electron chi connectivity index (χ4n) is 11.3. The van der Waals surface area contributed by atoms with Gasteiger partial charge in [0, 0.05) is 74.5 Å². The van der Waals surface area contributed by atoms with Crippen molar-refractivity contribution in [1.82, 2.24) is 5.06 Å². The fraction of sp³-hybridized carbons (Fsp3) is 0.845. The topological polar surface area (TPSA) is 243 Å². The normalized spacial score (nSPS) is 13.4. The lowest BCUT2D eigenvalue weighted by Gasteiger charge is -2.25. The molecule has 18 heteroatoms. The van der Waals surface area contributed by atoms with Crippen LogP contribution in [0.15, 0.2) is 24.3 Å². The zero-order valence-corrected chi connectivity index (χ0v) is 67.9. The van der Waals surface area contributed by atoms with Crippen LogP contribution in [0.4, 0.5) is 0 Å². The molecule has 2 amide bonds. The van der Waals surface area contributed by atoms with E-state index in [1.54, 1.807) is 41.5 Å². The van der Waals surface area contributed by atoms with Crippen LogP contribution in [0.5, 0.6) is 0 Å². The highest BCUT2D eigenvalue weighted by Crippen LogP contribution is 2.39. The second kappa shape index (κ2) is 67.4. The molecular formula is C84H151NO16P-. The minimum absolute atomic E-state index is 0.00765. The van der Waals surface area contributed by atoms with E-state index < -0.39 is 61.1 Å². The lowest BCUT2D eigenvalue weighted by atomic mass is 9.87. The quantitative estimate of drug-likeness (QED) is 0.0181. The average molecular weight is 1460 g/mol. The van der Waals surface area contributed by atoms with Crippen molar-refractivity contribution in [2.75, 3.05) is 19.8 Å². The number of hydrogen-bond acceptors (Lipinski definition) is 16. The molecule has 1 aliphatic rings. The highest BCUT2D eigenvalue weighted by atomic mass is 31.2. The predicted molar refractivity (Wildman–Crippen MR) is 412 cm³/mol. The zero-order chi connectivity index (χ0) is 76.4. The summed E-state index contributed by atoms with van der Waals surface area (Å²) in [6.07, 6.45) is 61.7. The van der Waals surface area contributed by atoms with Gasteiger partial charge in [0.15, 0.2) is 6.10 Å². The van der Waals surface area contributed by atoms with Gasteiger partial charge in [-0.1, -0.05) is 319 Å². The highest BCUT2D eigenvalue weighted by molar-refractivity contribution is 7.45. The van der Waals surface area contributed by atoms with Crippen molar-refractivity contribution in [3.8, 4) is 0 Å². The van der Waals surface area contributed by atoms with Gasteiger partial charge in [-0.15, -0.1) is 5.06 Å². The van der Waals surface area contributed by atoms with E-state index in [4.69, 9.17) is 18.5 Å². The Bertz CT molecular complexity index is 2270. The maximum absolute atomic E-state index is 12.8. The van der Waals surface area contributed by atoms with E-state index in [2.05, 4.69) is 49.9 Å². The summed E-state index contributed by atoms with van der Waals surface area (Å²) in [6, 6.07) is 0. The summed E-state index contributed by atoms with van der Waals surface area (Å²) in [5.74, 6) is -2.28. The Labute approximate surface area is 622 Å². The molecule has 1 fully saturated rings. The Morgan fingerprint density at radius 2 is 0.784 bits per heavy atom. The fourth-order valence-corrected chi connectivity index (χ4v) is 12.1. The number of rotatable bonds is 66. The van der Waals surface area contributed by atoms with Crippen LogP contribution in [0.3, 0.4) is 0 Å². The molecule has 1 heterocycles. The number of amides is 2. The SMILES string of the molecule is CC(C)(C)C(=O)CCC(=O)ON1C(=O)CCC1=O.CCCCCC/C=C\C/C=C\CCCCCCCC(=O)O[C@H](COC(=O)CCCCCCCCCCCCCCCCC)COP(=O)([O-])OCCCC(=O)CCC(=O)C(C)(C)C.CCCCCCCCCCCCCCCCCC(=O)C(C)C. The van der Waals surface area contributed by atoms with Crippen molar-refractivity contribution >= 4 is 60.7 Å². The van der Waals surface area contributed by atoms with Crippen LogP contribution in [0, 0.1) is 16.7 Å². The van der Waals surface area contributed by atoms with Crippen molar-refractivity contribution in [2.45, 2.75) is 423 Å². The van der Waals surface area contributed by atoms with Crippen LogP contribution in [0.25, 0.3) is 0 Å². The van der Waals surface area contributed by atoms with Crippen LogP contribution in [-0.4, -0.2) is 83.8 Å². The first-order valence-electron chi connectivity index (χ1n) is 41.1. The van der Waals surface area contributed by atoms with E-state index in [0.29, 0.717) is 23.7 Å². The molecule has 17 nitrogen and oxygen atoms in total. The first kappa shape index (κ1) is 99.9. The lowest BCUT2D eigenvalue weighted by molar-refractivity contribution is -0.228. The molecular weight excluding hydrogens is 1310 g/mol. The molecule has 102 heavy (non-hydrogen) atoms. The Balaban J connectivity index is 0. The molecule has 594 valence electrons. The highest BCUT2D eigenvalue weighted by Gasteiger charge is 2.33. The molecule has 1 saturated heterocycles. The van der Waals surface area contributed by atoms with E-state index in [-0.39, 0.29) is 101 Å². The van der Waals surface area contributed by atoms with E-state index in [1.807, 2.05) is 13.8 Å². The third-order valence-electron chi connectivity index (χ3n) is 18.3. The number of allylic oxidation sites excluding steroid dienone is 4. The summed E-state index contributed by atoms with van der Waals surface area (Å²) in [6.45, 7) is 20.3. The van der Waals surface area contributed by atoms with E-state index in [9.17, 15) is 52.6 Å². The van der Waals surface area contributed by atoms with Crippen LogP contribution in [0.1, 0.15) is 416 Å². The molecule has 1 unspecified atom stereocenters. The number of ketones is 4. The zero-order valence-electron chi connectivity index (χ0n) is 67.0. The first-order valence-corrected chi connectivity index (χ1v) is 42.6. The van der Waals surface area contributed by atoms with Crippen LogP contribution >= 0.6 is 7.82 Å². The summed E-state index contributed by atoms with van der Waals surface area (Å²) in [7, 11) is -4.81. The van der Waals surface area contributed by atoms with Crippen LogP contribution in [0.2, 0.25) is 0 Å². The van der Waals surface area contributed by atoms with Gasteiger partial charge >= 0.3 is 17.9 Å². The summed E-state index contributed by atoms with van der Waals surface area (Å²) >= 11 is 0. The Kier molecular flexibility index (Phi) is 66.0. The number of imide groups is 1. The van der Waals surface area contributed by atoms with Crippen molar-refractivity contribution in [3.63, 3.8) is 0 Å². The molecule has 0 aromatic rings. The molecule has 0 bridgehead atoms. The molecule has 0 aliphatic carbocycles. The molecule has 0 aromatic carbocycles. The van der Waals surface area contributed by atoms with Gasteiger partial charge in [0.05, 0.1) is 19.6 Å². The van der Waals surface area contributed by atoms with Crippen molar-refractivity contribution in [3.05, 3.63) is 24.3 Å². The number of nitrogens with zero attached hydrogens (tertiary/aromatic N) is 1. The van der Waals surface area contributed by atoms with E-state index in [0.717, 1.165) is 77.0 Å². The number of carbonyl (C=O) groups excluding carboxylic acids is 9. The van der Waals surface area contributed by atoms with Gasteiger partial charge < -0.3 is 28.3 Å². The Morgan fingerprint density at radius 1 is 0.422 bits per heavy atom. The van der Waals surface area contributed by atoms with E-state index in [1.165, 1.54) is 186 Å². The second-order valence-corrected chi connectivity index (χ2v) is 32.2. The summed E-state index contributed by atoms with van der Waals surface area (Å²) in [4.78, 5) is 124. The smallest absolute Gasteiger partial charge is 0.333 e. The first-order chi connectivity index (χ1) is 48.7. The second-order valence-electron chi connectivity index (χ2n) is 30.8. The number of hydroxylamine groups is 2. The van der Waals surface area contributed by atoms with Gasteiger partial charge in [0.25, 0.3) is 19.6 Å². The maximum Gasteiger partial charge on any atom is 0.333 e. The molecule has 0 aromatic heterocycles. The number of Topliss-reactive ketones (excluding diaryl/α,β-unsaturated/α-hetero) is 4. The van der Waals surface area contributed by atoms with Gasteiger partial charge in [-0.05, 0) is 57.8 Å². The molecule has 1 aliphatic heterocycles. The Hall–Kier alpha value is -4.18. The van der Waals surface area contributed by atoms with Crippen molar-refractivity contribution in [2.24, 2.45) is 16.7 Å². The van der Waals surface area contributed by atoms with Crippen molar-refractivity contribution < 1.29 is 76.0 Å². The van der Waals surface area contributed by atoms with Crippen molar-refractivity contribution in [1.29, 1.82) is 0 Å².